The molecule has 0 aliphatic carbocycles. The van der Waals surface area contributed by atoms with Crippen LogP contribution in [0.25, 0.3) is 0 Å². The van der Waals surface area contributed by atoms with Crippen molar-refractivity contribution in [1.82, 2.24) is 5.32 Å². The minimum atomic E-state index is 0.136. The summed E-state index contributed by atoms with van der Waals surface area (Å²) in [6.07, 6.45) is 2.72. The Hall–Kier alpha value is -0.830. The van der Waals surface area contributed by atoms with Gasteiger partial charge in [0.15, 0.2) is 0 Å². The van der Waals surface area contributed by atoms with Crippen molar-refractivity contribution in [2.45, 2.75) is 40.0 Å². The lowest BCUT2D eigenvalue weighted by atomic mass is 9.91. The lowest BCUT2D eigenvalue weighted by Gasteiger charge is -2.17. The van der Waals surface area contributed by atoms with Crippen LogP contribution < -0.4 is 5.32 Å². The zero-order valence-corrected chi connectivity index (χ0v) is 11.2. The Morgan fingerprint density at radius 3 is 2.75 bits per heavy atom. The van der Waals surface area contributed by atoms with E-state index < -0.39 is 0 Å². The first kappa shape index (κ1) is 13.2. The molecule has 90 valence electrons. The van der Waals surface area contributed by atoms with Gasteiger partial charge >= 0.3 is 0 Å². The number of nitrogens with one attached hydrogen (secondary N) is 1. The monoisotopic (exact) mass is 239 g/mol. The van der Waals surface area contributed by atoms with Gasteiger partial charge in [-0.05, 0) is 29.7 Å². The van der Waals surface area contributed by atoms with Gasteiger partial charge in [0.25, 0.3) is 0 Å². The summed E-state index contributed by atoms with van der Waals surface area (Å²) in [7, 11) is 0. The maximum Gasteiger partial charge on any atom is 0.225 e. The highest BCUT2D eigenvalue weighted by molar-refractivity contribution is 7.10. The fourth-order valence-electron chi connectivity index (χ4n) is 1.48. The Balaban J connectivity index is 2.12. The number of hydrogen-bond acceptors (Lipinski definition) is 2. The maximum absolute atomic E-state index is 11.5. The molecule has 16 heavy (non-hydrogen) atoms. The summed E-state index contributed by atoms with van der Waals surface area (Å²) < 4.78 is 0. The van der Waals surface area contributed by atoms with Gasteiger partial charge in [0.05, 0.1) is 6.42 Å². The van der Waals surface area contributed by atoms with E-state index in [9.17, 15) is 4.79 Å². The zero-order valence-electron chi connectivity index (χ0n) is 10.4. The van der Waals surface area contributed by atoms with Gasteiger partial charge in [-0.25, -0.2) is 0 Å². The first-order valence-corrected chi connectivity index (χ1v) is 6.64. The molecule has 0 saturated heterocycles. The third-order valence-electron chi connectivity index (χ3n) is 2.34. The minimum absolute atomic E-state index is 0.136. The van der Waals surface area contributed by atoms with Gasteiger partial charge < -0.3 is 5.32 Å². The van der Waals surface area contributed by atoms with Gasteiger partial charge in [0.2, 0.25) is 5.91 Å². The number of rotatable bonds is 5. The molecule has 1 rings (SSSR count). The van der Waals surface area contributed by atoms with Crippen LogP contribution >= 0.6 is 11.3 Å². The van der Waals surface area contributed by atoms with E-state index in [1.165, 1.54) is 0 Å². The van der Waals surface area contributed by atoms with E-state index in [1.54, 1.807) is 11.3 Å². The summed E-state index contributed by atoms with van der Waals surface area (Å²) in [4.78, 5) is 12.7. The predicted octanol–water partition coefficient (Wildman–Crippen LogP) is 3.23. The van der Waals surface area contributed by atoms with E-state index in [2.05, 4.69) is 26.1 Å². The number of carbonyl (C=O) groups excluding carboxylic acids is 1. The van der Waals surface area contributed by atoms with E-state index in [0.29, 0.717) is 11.8 Å². The second kappa shape index (κ2) is 6.04. The predicted molar refractivity (Wildman–Crippen MR) is 69.7 cm³/mol. The molecule has 0 unspecified atom stereocenters. The number of carbonyl (C=O) groups is 1. The SMILES string of the molecule is CC(C)(C)CCCNC(=O)Cc1cccs1. The molecule has 0 aliphatic heterocycles. The number of hydrogen-bond donors (Lipinski definition) is 1. The lowest BCUT2D eigenvalue weighted by Crippen LogP contribution is -2.26. The Labute approximate surface area is 102 Å². The van der Waals surface area contributed by atoms with Crippen LogP contribution in [0.5, 0.6) is 0 Å². The summed E-state index contributed by atoms with van der Waals surface area (Å²) in [5, 5.41) is 4.96. The van der Waals surface area contributed by atoms with Crippen molar-refractivity contribution in [2.24, 2.45) is 5.41 Å². The van der Waals surface area contributed by atoms with Gasteiger partial charge in [-0.1, -0.05) is 26.8 Å². The first-order chi connectivity index (χ1) is 7.47. The van der Waals surface area contributed by atoms with Crippen molar-refractivity contribution in [3.8, 4) is 0 Å². The van der Waals surface area contributed by atoms with Crippen molar-refractivity contribution in [1.29, 1.82) is 0 Å². The summed E-state index contributed by atoms with van der Waals surface area (Å²) >= 11 is 1.63. The van der Waals surface area contributed by atoms with E-state index in [-0.39, 0.29) is 5.91 Å². The van der Waals surface area contributed by atoms with Crippen LogP contribution in [0.2, 0.25) is 0 Å². The quantitative estimate of drug-likeness (QED) is 0.785. The summed E-state index contributed by atoms with van der Waals surface area (Å²) in [6, 6.07) is 3.98. The molecule has 0 bridgehead atoms. The van der Waals surface area contributed by atoms with Crippen molar-refractivity contribution in [3.05, 3.63) is 22.4 Å². The van der Waals surface area contributed by atoms with E-state index in [0.717, 1.165) is 24.3 Å². The van der Waals surface area contributed by atoms with Crippen molar-refractivity contribution in [3.63, 3.8) is 0 Å². The molecule has 0 aliphatic rings. The van der Waals surface area contributed by atoms with Gasteiger partial charge in [-0.3, -0.25) is 4.79 Å². The van der Waals surface area contributed by atoms with Crippen LogP contribution in [0.15, 0.2) is 17.5 Å². The fourth-order valence-corrected chi connectivity index (χ4v) is 2.18. The normalized spacial score (nSPS) is 11.4. The summed E-state index contributed by atoms with van der Waals surface area (Å²) in [6.45, 7) is 7.46. The Morgan fingerprint density at radius 1 is 1.44 bits per heavy atom. The molecule has 0 spiro atoms. The van der Waals surface area contributed by atoms with Crippen molar-refractivity contribution < 1.29 is 4.79 Å². The minimum Gasteiger partial charge on any atom is -0.356 e. The van der Waals surface area contributed by atoms with Gasteiger partial charge in [-0.15, -0.1) is 11.3 Å². The van der Waals surface area contributed by atoms with Gasteiger partial charge in [0.1, 0.15) is 0 Å². The van der Waals surface area contributed by atoms with Crippen molar-refractivity contribution >= 4 is 17.2 Å². The topological polar surface area (TPSA) is 29.1 Å². The summed E-state index contributed by atoms with van der Waals surface area (Å²) in [5.74, 6) is 0.136. The molecule has 0 aromatic carbocycles. The van der Waals surface area contributed by atoms with E-state index >= 15 is 0 Å². The second-order valence-corrected chi connectivity index (χ2v) is 6.30. The average molecular weight is 239 g/mol. The molecule has 1 amide bonds. The second-order valence-electron chi connectivity index (χ2n) is 5.27. The molecule has 0 atom stereocenters. The Bertz CT molecular complexity index is 311. The Morgan fingerprint density at radius 2 is 2.19 bits per heavy atom. The summed E-state index contributed by atoms with van der Waals surface area (Å²) in [5.41, 5.74) is 0.360. The highest BCUT2D eigenvalue weighted by atomic mass is 32.1. The standard InChI is InChI=1S/C13H21NOS/c1-13(2,3)7-5-8-14-12(15)10-11-6-4-9-16-11/h4,6,9H,5,7-8,10H2,1-3H3,(H,14,15). The van der Waals surface area contributed by atoms with Crippen molar-refractivity contribution in [2.75, 3.05) is 6.54 Å². The van der Waals surface area contributed by atoms with E-state index in [4.69, 9.17) is 0 Å². The number of amides is 1. The van der Waals surface area contributed by atoms with Crippen LogP contribution in [0.1, 0.15) is 38.5 Å². The molecule has 1 aromatic rings. The maximum atomic E-state index is 11.5. The highest BCUT2D eigenvalue weighted by Crippen LogP contribution is 2.19. The molecule has 0 saturated carbocycles. The molecule has 2 nitrogen and oxygen atoms in total. The highest BCUT2D eigenvalue weighted by Gasteiger charge is 2.09. The van der Waals surface area contributed by atoms with Gasteiger partial charge in [0, 0.05) is 11.4 Å². The van der Waals surface area contributed by atoms with Crippen LogP contribution in [-0.4, -0.2) is 12.5 Å². The molecule has 3 heteroatoms. The fraction of sp³-hybridized carbons (Fsp3) is 0.615. The largest absolute Gasteiger partial charge is 0.356 e. The molecular weight excluding hydrogens is 218 g/mol. The van der Waals surface area contributed by atoms with E-state index in [1.807, 2.05) is 17.5 Å². The molecule has 0 radical (unpaired) electrons. The molecule has 1 aromatic heterocycles. The van der Waals surface area contributed by atoms with Gasteiger partial charge in [-0.2, -0.15) is 0 Å². The molecule has 1 heterocycles. The van der Waals surface area contributed by atoms with Crippen LogP contribution in [0.4, 0.5) is 0 Å². The van der Waals surface area contributed by atoms with Crippen LogP contribution in [-0.2, 0) is 11.2 Å². The third-order valence-corrected chi connectivity index (χ3v) is 3.22. The first-order valence-electron chi connectivity index (χ1n) is 5.76. The lowest BCUT2D eigenvalue weighted by molar-refractivity contribution is -0.120. The Kier molecular flexibility index (Phi) is 5.00. The molecule has 1 N–H and O–H groups in total. The number of thiophene rings is 1. The third kappa shape index (κ3) is 5.91. The van der Waals surface area contributed by atoms with Crippen LogP contribution in [0.3, 0.4) is 0 Å². The molecule has 0 fully saturated rings. The smallest absolute Gasteiger partial charge is 0.225 e. The average Bonchev–Trinajstić information content (AvgIpc) is 2.63. The molecular formula is C13H21NOS. The zero-order chi connectivity index (χ0) is 12.0. The van der Waals surface area contributed by atoms with Crippen LogP contribution in [0, 0.1) is 5.41 Å².